The third-order valence-electron chi connectivity index (χ3n) is 2.94. The fourth-order valence-corrected chi connectivity index (χ4v) is 1.67. The van der Waals surface area contributed by atoms with E-state index in [-0.39, 0.29) is 12.4 Å². The van der Waals surface area contributed by atoms with Gasteiger partial charge in [0, 0.05) is 0 Å². The summed E-state index contributed by atoms with van der Waals surface area (Å²) in [6.07, 6.45) is 10.0. The molecule has 4 nitrogen and oxygen atoms in total. The van der Waals surface area contributed by atoms with Crippen LogP contribution in [0.4, 0.5) is 0 Å². The van der Waals surface area contributed by atoms with E-state index in [1.165, 1.54) is 32.1 Å². The molecule has 0 aliphatic heterocycles. The lowest BCUT2D eigenvalue weighted by atomic mass is 10.1. The highest BCUT2D eigenvalue weighted by molar-refractivity contribution is 5.85. The van der Waals surface area contributed by atoms with Crippen molar-refractivity contribution in [2.45, 2.75) is 71.6 Å². The minimum atomic E-state index is -0.435. The molecule has 0 rings (SSSR count). The first kappa shape index (κ1) is 18.9. The fourth-order valence-electron chi connectivity index (χ4n) is 1.67. The highest BCUT2D eigenvalue weighted by Gasteiger charge is 2.09. The Bertz CT molecular complexity index is 251. The van der Waals surface area contributed by atoms with Crippen LogP contribution in [0.15, 0.2) is 0 Å². The highest BCUT2D eigenvalue weighted by Crippen LogP contribution is 2.05. The van der Waals surface area contributed by atoms with Gasteiger partial charge in [0.05, 0.1) is 26.1 Å². The third kappa shape index (κ3) is 13.4. The van der Waals surface area contributed by atoms with E-state index in [1.54, 1.807) is 0 Å². The lowest BCUT2D eigenvalue weighted by Crippen LogP contribution is -2.12. The van der Waals surface area contributed by atoms with Gasteiger partial charge in [-0.25, -0.2) is 0 Å². The first-order valence-corrected chi connectivity index (χ1v) is 7.86. The average molecular weight is 285 g/mol. The minimum Gasteiger partial charge on any atom is -0.466 e. The predicted octanol–water partition coefficient (Wildman–Crippen LogP) is 3.83. The third-order valence-corrected chi connectivity index (χ3v) is 2.94. The molecule has 0 amide bonds. The maximum atomic E-state index is 11.4. The van der Waals surface area contributed by atoms with Crippen molar-refractivity contribution in [3.8, 4) is 0 Å². The van der Waals surface area contributed by atoms with Crippen LogP contribution in [-0.2, 0) is 19.1 Å². The van der Waals surface area contributed by atoms with Gasteiger partial charge in [-0.2, -0.15) is 0 Å². The molecule has 0 atom stereocenters. The zero-order valence-electron chi connectivity index (χ0n) is 13.0. The molecule has 20 heavy (non-hydrogen) atoms. The lowest BCUT2D eigenvalue weighted by Gasteiger charge is -2.05. The number of carbonyl (C=O) groups is 2. The van der Waals surface area contributed by atoms with E-state index in [1.807, 2.05) is 6.92 Å². The standard InChI is InChI=1S/C16H29O4/c1-3-5-7-8-9-10-14-20-16(18)12-11-15(17)19-13-6-4-2/h11H,3-10,12-14H2,1-2H3. The van der Waals surface area contributed by atoms with Crippen LogP contribution in [0.25, 0.3) is 0 Å². The Balaban J connectivity index is 3.34. The predicted molar refractivity (Wildman–Crippen MR) is 79.1 cm³/mol. The molecule has 4 heteroatoms. The number of hydrogen-bond acceptors (Lipinski definition) is 4. The largest absolute Gasteiger partial charge is 0.466 e. The van der Waals surface area contributed by atoms with Crippen LogP contribution in [0.3, 0.4) is 0 Å². The molecule has 0 aromatic heterocycles. The van der Waals surface area contributed by atoms with Gasteiger partial charge in [-0.05, 0) is 12.8 Å². The Morgan fingerprint density at radius 3 is 2.10 bits per heavy atom. The normalized spacial score (nSPS) is 10.3. The summed E-state index contributed by atoms with van der Waals surface area (Å²) in [5, 5.41) is 0. The van der Waals surface area contributed by atoms with Gasteiger partial charge in [0.25, 0.3) is 0 Å². The van der Waals surface area contributed by atoms with Crippen molar-refractivity contribution < 1.29 is 19.1 Å². The van der Waals surface area contributed by atoms with Gasteiger partial charge >= 0.3 is 11.9 Å². The van der Waals surface area contributed by atoms with E-state index >= 15 is 0 Å². The van der Waals surface area contributed by atoms with Crippen molar-refractivity contribution in [3.05, 3.63) is 6.42 Å². The number of hydrogen-bond donors (Lipinski definition) is 0. The summed E-state index contributed by atoms with van der Waals surface area (Å²) in [6, 6.07) is 0. The lowest BCUT2D eigenvalue weighted by molar-refractivity contribution is -0.146. The van der Waals surface area contributed by atoms with E-state index < -0.39 is 5.97 Å². The zero-order chi connectivity index (χ0) is 15.1. The van der Waals surface area contributed by atoms with Gasteiger partial charge in [0.15, 0.2) is 0 Å². The van der Waals surface area contributed by atoms with E-state index in [0.717, 1.165) is 25.7 Å². The Kier molecular flexibility index (Phi) is 13.6. The molecule has 0 bridgehead atoms. The summed E-state index contributed by atoms with van der Waals surface area (Å²) in [4.78, 5) is 22.6. The molecule has 0 saturated heterocycles. The van der Waals surface area contributed by atoms with Crippen LogP contribution < -0.4 is 0 Å². The molecule has 0 saturated carbocycles. The van der Waals surface area contributed by atoms with Gasteiger partial charge in [-0.3, -0.25) is 9.59 Å². The van der Waals surface area contributed by atoms with Crippen molar-refractivity contribution in [1.29, 1.82) is 0 Å². The molecule has 0 heterocycles. The van der Waals surface area contributed by atoms with E-state index in [4.69, 9.17) is 9.47 Å². The van der Waals surface area contributed by atoms with Crippen LogP contribution >= 0.6 is 0 Å². The second kappa shape index (κ2) is 14.4. The molecule has 0 aromatic carbocycles. The first-order valence-electron chi connectivity index (χ1n) is 7.86. The van der Waals surface area contributed by atoms with Crippen molar-refractivity contribution in [1.82, 2.24) is 0 Å². The molecule has 1 radical (unpaired) electrons. The SMILES string of the molecule is CCCCCCCCOC(=O)C[CH]C(=O)OCCCC. The van der Waals surface area contributed by atoms with Gasteiger partial charge in [0.2, 0.25) is 0 Å². The number of esters is 2. The topological polar surface area (TPSA) is 52.6 Å². The Morgan fingerprint density at radius 1 is 0.800 bits per heavy atom. The summed E-state index contributed by atoms with van der Waals surface area (Å²) in [7, 11) is 0. The Morgan fingerprint density at radius 2 is 1.40 bits per heavy atom. The van der Waals surface area contributed by atoms with Crippen LogP contribution in [0, 0.1) is 6.42 Å². The molecule has 0 aromatic rings. The van der Waals surface area contributed by atoms with Gasteiger partial charge in [-0.1, -0.05) is 52.4 Å². The smallest absolute Gasteiger partial charge is 0.310 e. The molecule has 0 N–H and O–H groups in total. The number of unbranched alkanes of at least 4 members (excludes halogenated alkanes) is 6. The molecule has 0 aliphatic rings. The first-order chi connectivity index (χ1) is 9.70. The Labute approximate surface area is 123 Å². The number of ether oxygens (including phenoxy) is 2. The second-order valence-corrected chi connectivity index (χ2v) is 4.92. The van der Waals surface area contributed by atoms with Crippen LogP contribution in [0.5, 0.6) is 0 Å². The zero-order valence-corrected chi connectivity index (χ0v) is 13.0. The summed E-state index contributed by atoms with van der Waals surface area (Å²) in [6.45, 7) is 5.07. The molecule has 0 fully saturated rings. The molecule has 0 aliphatic carbocycles. The van der Waals surface area contributed by atoms with Gasteiger partial charge in [-0.15, -0.1) is 0 Å². The molecular formula is C16H29O4. The number of carbonyl (C=O) groups excluding carboxylic acids is 2. The summed E-state index contributed by atoms with van der Waals surface area (Å²) >= 11 is 0. The Hall–Kier alpha value is -1.06. The van der Waals surface area contributed by atoms with Gasteiger partial charge < -0.3 is 9.47 Å². The summed E-state index contributed by atoms with van der Waals surface area (Å²) in [5.74, 6) is -0.791. The molecule has 0 unspecified atom stereocenters. The average Bonchev–Trinajstić information content (AvgIpc) is 2.44. The molecule has 117 valence electrons. The van der Waals surface area contributed by atoms with Gasteiger partial charge in [0.1, 0.15) is 0 Å². The quantitative estimate of drug-likeness (QED) is 0.381. The van der Waals surface area contributed by atoms with Crippen molar-refractivity contribution >= 4 is 11.9 Å². The summed E-state index contributed by atoms with van der Waals surface area (Å²) in [5.41, 5.74) is 0. The van der Waals surface area contributed by atoms with E-state index in [9.17, 15) is 9.59 Å². The van der Waals surface area contributed by atoms with Crippen LogP contribution in [0.2, 0.25) is 0 Å². The van der Waals surface area contributed by atoms with Crippen LogP contribution in [0.1, 0.15) is 71.6 Å². The van der Waals surface area contributed by atoms with Crippen molar-refractivity contribution in [2.75, 3.05) is 13.2 Å². The maximum absolute atomic E-state index is 11.4. The van der Waals surface area contributed by atoms with Crippen LogP contribution in [-0.4, -0.2) is 25.2 Å². The second-order valence-electron chi connectivity index (χ2n) is 4.92. The van der Waals surface area contributed by atoms with E-state index in [0.29, 0.717) is 13.2 Å². The fraction of sp³-hybridized carbons (Fsp3) is 0.812. The molecular weight excluding hydrogens is 256 g/mol. The highest BCUT2D eigenvalue weighted by atomic mass is 16.5. The van der Waals surface area contributed by atoms with E-state index in [2.05, 4.69) is 6.92 Å². The van der Waals surface area contributed by atoms with Crippen molar-refractivity contribution in [2.24, 2.45) is 0 Å². The maximum Gasteiger partial charge on any atom is 0.310 e. The number of rotatable bonds is 13. The molecule has 0 spiro atoms. The van der Waals surface area contributed by atoms with Crippen molar-refractivity contribution in [3.63, 3.8) is 0 Å². The minimum absolute atomic E-state index is 0.000787. The monoisotopic (exact) mass is 285 g/mol. The summed E-state index contributed by atoms with van der Waals surface area (Å²) < 4.78 is 9.96.